The Morgan fingerprint density at radius 3 is 2.47 bits per heavy atom. The number of methoxy groups -OCH3 is 2. The third-order valence-corrected chi connectivity index (χ3v) is 6.68. The SMILES string of the molecule is COc1cc(OC)c2c(c1)[C@@H](CCCCCC[C@@H]1CC[C@@]3(CCC(C)O3)O1)OC2=O. The minimum atomic E-state index is -0.301. The quantitative estimate of drug-likeness (QED) is 0.399. The Hall–Kier alpha value is -1.79. The monoisotopic (exact) mass is 418 g/mol. The predicted molar refractivity (Wildman–Crippen MR) is 112 cm³/mol. The molecule has 1 aromatic carbocycles. The molecule has 3 aliphatic heterocycles. The van der Waals surface area contributed by atoms with Crippen LogP contribution in [-0.4, -0.2) is 38.2 Å². The van der Waals surface area contributed by atoms with E-state index in [0.29, 0.717) is 29.3 Å². The maximum atomic E-state index is 12.3. The second-order valence-corrected chi connectivity index (χ2v) is 8.84. The molecule has 3 aliphatic rings. The van der Waals surface area contributed by atoms with Gasteiger partial charge in [0.25, 0.3) is 0 Å². The summed E-state index contributed by atoms with van der Waals surface area (Å²) in [5, 5.41) is 0. The van der Waals surface area contributed by atoms with Crippen LogP contribution in [0.3, 0.4) is 0 Å². The third-order valence-electron chi connectivity index (χ3n) is 6.68. The predicted octanol–water partition coefficient (Wildman–Crippen LogP) is 5.33. The van der Waals surface area contributed by atoms with Gasteiger partial charge in [0.2, 0.25) is 0 Å². The number of hydrogen-bond donors (Lipinski definition) is 0. The minimum Gasteiger partial charge on any atom is -0.497 e. The molecular formula is C24H34O6. The molecule has 30 heavy (non-hydrogen) atoms. The summed E-state index contributed by atoms with van der Waals surface area (Å²) in [7, 11) is 3.17. The van der Waals surface area contributed by atoms with Gasteiger partial charge in [-0.05, 0) is 45.1 Å². The summed E-state index contributed by atoms with van der Waals surface area (Å²) in [6.45, 7) is 2.14. The van der Waals surface area contributed by atoms with Crippen molar-refractivity contribution in [3.05, 3.63) is 23.3 Å². The van der Waals surface area contributed by atoms with Crippen LogP contribution in [0.4, 0.5) is 0 Å². The van der Waals surface area contributed by atoms with E-state index in [1.807, 2.05) is 6.07 Å². The first-order valence-electron chi connectivity index (χ1n) is 11.4. The molecule has 0 saturated carbocycles. The van der Waals surface area contributed by atoms with E-state index in [4.69, 9.17) is 23.7 Å². The Morgan fingerprint density at radius 1 is 1.00 bits per heavy atom. The van der Waals surface area contributed by atoms with Crippen LogP contribution in [0.25, 0.3) is 0 Å². The highest BCUT2D eigenvalue weighted by Gasteiger charge is 2.45. The second kappa shape index (κ2) is 9.15. The lowest BCUT2D eigenvalue weighted by molar-refractivity contribution is -0.214. The van der Waals surface area contributed by atoms with Crippen molar-refractivity contribution in [3.8, 4) is 11.5 Å². The number of benzene rings is 1. The van der Waals surface area contributed by atoms with Crippen LogP contribution in [0.2, 0.25) is 0 Å². The molecule has 4 atom stereocenters. The lowest BCUT2D eigenvalue weighted by Gasteiger charge is -2.24. The average molecular weight is 419 g/mol. The van der Waals surface area contributed by atoms with Gasteiger partial charge in [-0.25, -0.2) is 4.79 Å². The van der Waals surface area contributed by atoms with Gasteiger partial charge in [0, 0.05) is 24.5 Å². The highest BCUT2D eigenvalue weighted by atomic mass is 16.7. The van der Waals surface area contributed by atoms with E-state index in [-0.39, 0.29) is 17.9 Å². The fraction of sp³-hybridized carbons (Fsp3) is 0.708. The van der Waals surface area contributed by atoms with Crippen LogP contribution >= 0.6 is 0 Å². The number of fused-ring (bicyclic) bond motifs is 1. The molecule has 1 spiro atoms. The molecule has 2 saturated heterocycles. The largest absolute Gasteiger partial charge is 0.497 e. The zero-order valence-electron chi connectivity index (χ0n) is 18.4. The number of carbonyl (C=O) groups is 1. The fourth-order valence-corrected chi connectivity index (χ4v) is 5.07. The number of esters is 1. The molecule has 0 radical (unpaired) electrons. The van der Waals surface area contributed by atoms with Crippen molar-refractivity contribution in [1.82, 2.24) is 0 Å². The van der Waals surface area contributed by atoms with Crippen molar-refractivity contribution >= 4 is 5.97 Å². The van der Waals surface area contributed by atoms with E-state index < -0.39 is 0 Å². The van der Waals surface area contributed by atoms with Crippen LogP contribution in [0, 0.1) is 0 Å². The Kier molecular flexibility index (Phi) is 6.54. The van der Waals surface area contributed by atoms with Gasteiger partial charge in [0.15, 0.2) is 5.79 Å². The van der Waals surface area contributed by atoms with Crippen LogP contribution in [-0.2, 0) is 14.2 Å². The maximum Gasteiger partial charge on any atom is 0.342 e. The molecule has 4 rings (SSSR count). The second-order valence-electron chi connectivity index (χ2n) is 8.84. The van der Waals surface area contributed by atoms with Gasteiger partial charge in [-0.2, -0.15) is 0 Å². The van der Waals surface area contributed by atoms with Gasteiger partial charge in [-0.3, -0.25) is 0 Å². The van der Waals surface area contributed by atoms with E-state index in [9.17, 15) is 4.79 Å². The van der Waals surface area contributed by atoms with Gasteiger partial charge in [0.05, 0.1) is 26.4 Å². The molecular weight excluding hydrogens is 384 g/mol. The van der Waals surface area contributed by atoms with Gasteiger partial charge < -0.3 is 23.7 Å². The van der Waals surface area contributed by atoms with E-state index in [2.05, 4.69) is 6.92 Å². The highest BCUT2D eigenvalue weighted by Crippen LogP contribution is 2.43. The lowest BCUT2D eigenvalue weighted by Crippen LogP contribution is -2.28. The van der Waals surface area contributed by atoms with Crippen LogP contribution < -0.4 is 9.47 Å². The van der Waals surface area contributed by atoms with E-state index in [1.54, 1.807) is 20.3 Å². The highest BCUT2D eigenvalue weighted by molar-refractivity contribution is 5.97. The lowest BCUT2D eigenvalue weighted by atomic mass is 9.98. The average Bonchev–Trinajstić information content (AvgIpc) is 3.41. The van der Waals surface area contributed by atoms with Crippen LogP contribution in [0.15, 0.2) is 12.1 Å². The summed E-state index contributed by atoms with van der Waals surface area (Å²) in [6, 6.07) is 3.63. The number of carbonyl (C=O) groups excluding carboxylic acids is 1. The Morgan fingerprint density at radius 2 is 1.77 bits per heavy atom. The van der Waals surface area contributed by atoms with Gasteiger partial charge in [-0.15, -0.1) is 0 Å². The normalized spacial score (nSPS) is 30.0. The zero-order chi connectivity index (χ0) is 21.1. The first-order chi connectivity index (χ1) is 14.5. The summed E-state index contributed by atoms with van der Waals surface area (Å²) in [5.41, 5.74) is 1.42. The van der Waals surface area contributed by atoms with E-state index >= 15 is 0 Å². The third kappa shape index (κ3) is 4.45. The summed E-state index contributed by atoms with van der Waals surface area (Å²) in [5.74, 6) is 0.632. The maximum absolute atomic E-state index is 12.3. The summed E-state index contributed by atoms with van der Waals surface area (Å²) < 4.78 is 28.6. The number of cyclic esters (lactones) is 1. The molecule has 0 aromatic heterocycles. The van der Waals surface area contributed by atoms with Gasteiger partial charge in [-0.1, -0.05) is 19.3 Å². The van der Waals surface area contributed by atoms with Crippen molar-refractivity contribution in [2.45, 2.75) is 95.2 Å². The summed E-state index contributed by atoms with van der Waals surface area (Å²) in [6.07, 6.45) is 11.2. The molecule has 3 heterocycles. The van der Waals surface area contributed by atoms with Crippen molar-refractivity contribution < 1.29 is 28.5 Å². The summed E-state index contributed by atoms with van der Waals surface area (Å²) >= 11 is 0. The topological polar surface area (TPSA) is 63.2 Å². The molecule has 0 N–H and O–H groups in total. The Bertz CT molecular complexity index is 762. The standard InChI is InChI=1S/C24H34O6/c1-16-10-12-24(29-16)13-11-17(30-24)8-6-4-5-7-9-20-19-14-18(26-2)15-21(27-3)22(19)23(25)28-20/h14-17,20H,4-13H2,1-3H3/t16?,17-,20-,24-/m1/s1. The number of rotatable bonds is 9. The molecule has 166 valence electrons. The number of unbranched alkanes of at least 4 members (excludes halogenated alkanes) is 3. The molecule has 0 aliphatic carbocycles. The minimum absolute atomic E-state index is 0.212. The van der Waals surface area contributed by atoms with Crippen molar-refractivity contribution in [2.24, 2.45) is 0 Å². The van der Waals surface area contributed by atoms with Crippen molar-refractivity contribution in [3.63, 3.8) is 0 Å². The number of ether oxygens (including phenoxy) is 5. The molecule has 0 bridgehead atoms. The van der Waals surface area contributed by atoms with Crippen molar-refractivity contribution in [1.29, 1.82) is 0 Å². The first-order valence-corrected chi connectivity index (χ1v) is 11.4. The van der Waals surface area contributed by atoms with E-state index in [0.717, 1.165) is 56.9 Å². The van der Waals surface area contributed by atoms with Gasteiger partial charge >= 0.3 is 5.97 Å². The molecule has 2 fully saturated rings. The molecule has 1 unspecified atom stereocenters. The molecule has 6 nitrogen and oxygen atoms in total. The Labute approximate surface area is 179 Å². The van der Waals surface area contributed by atoms with Crippen LogP contribution in [0.1, 0.15) is 93.2 Å². The molecule has 1 aromatic rings. The smallest absolute Gasteiger partial charge is 0.342 e. The van der Waals surface area contributed by atoms with Crippen molar-refractivity contribution in [2.75, 3.05) is 14.2 Å². The van der Waals surface area contributed by atoms with E-state index in [1.165, 1.54) is 12.8 Å². The first kappa shape index (κ1) is 21.4. The van der Waals surface area contributed by atoms with Gasteiger partial charge in [0.1, 0.15) is 23.2 Å². The van der Waals surface area contributed by atoms with Crippen LogP contribution in [0.5, 0.6) is 11.5 Å². The molecule has 0 amide bonds. The fourth-order valence-electron chi connectivity index (χ4n) is 5.07. The zero-order valence-corrected chi connectivity index (χ0v) is 18.4. The molecule has 6 heteroatoms. The summed E-state index contributed by atoms with van der Waals surface area (Å²) in [4.78, 5) is 12.3. The Balaban J connectivity index is 1.19. The number of hydrogen-bond acceptors (Lipinski definition) is 6.